The van der Waals surface area contributed by atoms with E-state index in [-0.39, 0.29) is 29.2 Å². The molecule has 86 valence electrons. The van der Waals surface area contributed by atoms with Gasteiger partial charge < -0.3 is 4.98 Å². The molecule has 1 fully saturated rings. The van der Waals surface area contributed by atoms with Gasteiger partial charge in [0.1, 0.15) is 12.1 Å². The van der Waals surface area contributed by atoms with Crippen LogP contribution in [0.1, 0.15) is 17.8 Å². The molecule has 17 heavy (non-hydrogen) atoms. The Bertz CT molecular complexity index is 506. The molecule has 1 saturated heterocycles. The fraction of sp³-hybridized carbons (Fsp3) is 0.400. The first kappa shape index (κ1) is 11.5. The van der Waals surface area contributed by atoms with E-state index >= 15 is 0 Å². The maximum Gasteiger partial charge on any atom is 0.229 e. The molecule has 7 heteroatoms. The number of anilines is 1. The lowest BCUT2D eigenvalue weighted by atomic mass is 10.1. The van der Waals surface area contributed by atoms with Crippen LogP contribution in [0.3, 0.4) is 0 Å². The Morgan fingerprint density at radius 3 is 2.76 bits per heavy atom. The maximum atomic E-state index is 11.7. The summed E-state index contributed by atoms with van der Waals surface area (Å²) in [5, 5.41) is 17.6. The van der Waals surface area contributed by atoms with Crippen LogP contribution in [0.5, 0.6) is 0 Å². The van der Waals surface area contributed by atoms with Crippen molar-refractivity contribution in [2.24, 2.45) is 5.92 Å². The fourth-order valence-corrected chi connectivity index (χ4v) is 2.00. The van der Waals surface area contributed by atoms with Crippen molar-refractivity contribution in [3.63, 3.8) is 0 Å². The molecule has 0 radical (unpaired) electrons. The number of hydrogen-bond acceptors (Lipinski definition) is 5. The number of carbonyl (C=O) groups is 1. The smallest absolute Gasteiger partial charge is 0.229 e. The van der Waals surface area contributed by atoms with Crippen molar-refractivity contribution < 1.29 is 4.79 Å². The fourth-order valence-electron chi connectivity index (χ4n) is 1.76. The van der Waals surface area contributed by atoms with Gasteiger partial charge in [-0.15, -0.1) is 0 Å². The van der Waals surface area contributed by atoms with Gasteiger partial charge in [-0.25, -0.2) is 4.98 Å². The molecule has 0 bridgehead atoms. The first-order valence-electron chi connectivity index (χ1n) is 5.01. The van der Waals surface area contributed by atoms with E-state index in [9.17, 15) is 4.79 Å². The van der Waals surface area contributed by atoms with Gasteiger partial charge in [0.05, 0.1) is 0 Å². The number of carbonyl (C=O) groups excluding carboxylic acids is 1. The second-order valence-corrected chi connectivity index (χ2v) is 4.13. The quantitative estimate of drug-likeness (QED) is 0.741. The van der Waals surface area contributed by atoms with Crippen LogP contribution in [-0.2, 0) is 4.79 Å². The molecule has 0 spiro atoms. The van der Waals surface area contributed by atoms with E-state index in [0.717, 1.165) is 0 Å². The van der Waals surface area contributed by atoms with Crippen LogP contribution in [0.4, 0.5) is 5.95 Å². The van der Waals surface area contributed by atoms with Crippen LogP contribution in [0.15, 0.2) is 0 Å². The van der Waals surface area contributed by atoms with Crippen molar-refractivity contribution in [2.45, 2.75) is 6.42 Å². The topological polar surface area (TPSA) is 96.6 Å². The molecule has 2 rings (SSSR count). The van der Waals surface area contributed by atoms with Crippen LogP contribution >= 0.6 is 12.6 Å². The standard InChI is InChI=1S/C10H9N5OS/c11-2-7-8(3-12)14-10(13-7)15-4-6(5-17)1-9(15)16/h6,17H,1,4-5H2,(H,13,14). The number of amides is 1. The highest BCUT2D eigenvalue weighted by atomic mass is 32.1. The molecule has 0 saturated carbocycles. The minimum absolute atomic E-state index is 0.0182. The van der Waals surface area contributed by atoms with Crippen LogP contribution in [-0.4, -0.2) is 28.2 Å². The first-order chi connectivity index (χ1) is 8.19. The second-order valence-electron chi connectivity index (χ2n) is 3.76. The number of hydrogen-bond donors (Lipinski definition) is 2. The summed E-state index contributed by atoms with van der Waals surface area (Å²) < 4.78 is 0. The minimum atomic E-state index is -0.0632. The zero-order valence-corrected chi connectivity index (χ0v) is 9.74. The van der Waals surface area contributed by atoms with E-state index in [2.05, 4.69) is 22.6 Å². The molecule has 1 aromatic heterocycles. The molecule has 1 aromatic rings. The average molecular weight is 247 g/mol. The lowest BCUT2D eigenvalue weighted by molar-refractivity contribution is -0.117. The van der Waals surface area contributed by atoms with Gasteiger partial charge in [0.15, 0.2) is 11.4 Å². The lowest BCUT2D eigenvalue weighted by Crippen LogP contribution is -2.25. The molecule has 1 atom stereocenters. The Kier molecular flexibility index (Phi) is 3.03. The molecule has 0 aliphatic carbocycles. The van der Waals surface area contributed by atoms with Crippen LogP contribution in [0.25, 0.3) is 0 Å². The highest BCUT2D eigenvalue weighted by Gasteiger charge is 2.32. The van der Waals surface area contributed by atoms with Gasteiger partial charge in [-0.3, -0.25) is 9.69 Å². The van der Waals surface area contributed by atoms with Crippen molar-refractivity contribution >= 4 is 24.5 Å². The molecule has 1 N–H and O–H groups in total. The summed E-state index contributed by atoms with van der Waals surface area (Å²) in [6, 6.07) is 3.65. The lowest BCUT2D eigenvalue weighted by Gasteiger charge is -2.11. The highest BCUT2D eigenvalue weighted by Crippen LogP contribution is 2.24. The van der Waals surface area contributed by atoms with Gasteiger partial charge >= 0.3 is 0 Å². The molecule has 1 unspecified atom stereocenters. The van der Waals surface area contributed by atoms with Gasteiger partial charge in [0, 0.05) is 13.0 Å². The van der Waals surface area contributed by atoms with Crippen molar-refractivity contribution in [1.29, 1.82) is 10.5 Å². The second kappa shape index (κ2) is 4.48. The monoisotopic (exact) mass is 247 g/mol. The van der Waals surface area contributed by atoms with Gasteiger partial charge in [0.2, 0.25) is 11.9 Å². The molecule has 1 aliphatic rings. The van der Waals surface area contributed by atoms with Crippen molar-refractivity contribution in [1.82, 2.24) is 9.97 Å². The number of nitrogens with zero attached hydrogens (tertiary/aromatic N) is 4. The van der Waals surface area contributed by atoms with E-state index < -0.39 is 0 Å². The van der Waals surface area contributed by atoms with Gasteiger partial charge in [-0.1, -0.05) is 0 Å². The summed E-state index contributed by atoms with van der Waals surface area (Å²) in [6.45, 7) is 0.519. The minimum Gasteiger partial charge on any atom is -0.314 e. The normalized spacial score (nSPS) is 19.1. The van der Waals surface area contributed by atoms with E-state index in [1.807, 2.05) is 12.1 Å². The summed E-state index contributed by atoms with van der Waals surface area (Å²) >= 11 is 4.16. The number of rotatable bonds is 2. The number of nitrogens with one attached hydrogen (secondary N) is 1. The van der Waals surface area contributed by atoms with Crippen LogP contribution in [0, 0.1) is 28.6 Å². The Hall–Kier alpha value is -1.99. The number of nitriles is 2. The summed E-state index contributed by atoms with van der Waals surface area (Å²) in [6.07, 6.45) is 0.425. The third-order valence-electron chi connectivity index (χ3n) is 2.63. The van der Waals surface area contributed by atoms with Crippen molar-refractivity contribution in [2.75, 3.05) is 17.2 Å². The molecular formula is C10H9N5OS. The van der Waals surface area contributed by atoms with Crippen LogP contribution in [0.2, 0.25) is 0 Å². The summed E-state index contributed by atoms with van der Waals surface area (Å²) in [5.74, 6) is 1.02. The summed E-state index contributed by atoms with van der Waals surface area (Å²) in [4.78, 5) is 19.8. The SMILES string of the molecule is N#Cc1nc(N2CC(CS)CC2=O)[nH]c1C#N. The summed E-state index contributed by atoms with van der Waals surface area (Å²) in [7, 11) is 0. The molecule has 6 nitrogen and oxygen atoms in total. The Labute approximate surface area is 103 Å². The number of H-pyrrole nitrogens is 1. The number of aromatic nitrogens is 2. The Balaban J connectivity index is 2.30. The third-order valence-corrected chi connectivity index (χ3v) is 3.14. The van der Waals surface area contributed by atoms with Gasteiger partial charge in [-0.05, 0) is 11.7 Å². The molecule has 2 heterocycles. The van der Waals surface area contributed by atoms with E-state index in [4.69, 9.17) is 10.5 Å². The highest BCUT2D eigenvalue weighted by molar-refractivity contribution is 7.80. The Morgan fingerprint density at radius 2 is 2.29 bits per heavy atom. The maximum absolute atomic E-state index is 11.7. The third kappa shape index (κ3) is 1.97. The van der Waals surface area contributed by atoms with Crippen molar-refractivity contribution in [3.8, 4) is 12.1 Å². The zero-order valence-electron chi connectivity index (χ0n) is 8.84. The Morgan fingerprint density at radius 1 is 1.53 bits per heavy atom. The number of imidazole rings is 1. The average Bonchev–Trinajstić information content (AvgIpc) is 2.91. The zero-order chi connectivity index (χ0) is 12.4. The largest absolute Gasteiger partial charge is 0.314 e. The summed E-state index contributed by atoms with van der Waals surface area (Å²) in [5.41, 5.74) is 0.106. The molecular weight excluding hydrogens is 238 g/mol. The molecule has 1 aliphatic heterocycles. The van der Waals surface area contributed by atoms with Gasteiger partial charge in [-0.2, -0.15) is 23.2 Å². The van der Waals surface area contributed by atoms with Crippen molar-refractivity contribution in [3.05, 3.63) is 11.4 Å². The molecule has 0 aromatic carbocycles. The predicted octanol–water partition coefficient (Wildman–Crippen LogP) is 0.436. The first-order valence-corrected chi connectivity index (χ1v) is 5.64. The van der Waals surface area contributed by atoms with Gasteiger partial charge in [0.25, 0.3) is 0 Å². The molecule has 1 amide bonds. The predicted molar refractivity (Wildman–Crippen MR) is 62.3 cm³/mol. The van der Waals surface area contributed by atoms with E-state index in [1.165, 1.54) is 4.90 Å². The van der Waals surface area contributed by atoms with Crippen LogP contribution < -0.4 is 4.90 Å². The number of aromatic amines is 1. The van der Waals surface area contributed by atoms with E-state index in [1.54, 1.807) is 0 Å². The van der Waals surface area contributed by atoms with E-state index in [0.29, 0.717) is 18.7 Å². The number of thiol groups is 1.